The first-order valence-electron chi connectivity index (χ1n) is 22.9. The monoisotopic (exact) mass is 945 g/mol. The van der Waals surface area contributed by atoms with Crippen LogP contribution in [0.3, 0.4) is 0 Å². The quantitative estimate of drug-likeness (QED) is 0.0777. The third-order valence-electron chi connectivity index (χ3n) is 12.9. The number of halogens is 3. The summed E-state index contributed by atoms with van der Waals surface area (Å²) in [6, 6.07) is 22.6. The Labute approximate surface area is 394 Å². The van der Waals surface area contributed by atoms with Gasteiger partial charge in [0.05, 0.1) is 29.8 Å². The fourth-order valence-corrected chi connectivity index (χ4v) is 9.26. The number of anilines is 2. The van der Waals surface area contributed by atoms with Gasteiger partial charge in [0.25, 0.3) is 17.5 Å². The molecule has 2 fully saturated rings. The van der Waals surface area contributed by atoms with Gasteiger partial charge in [0, 0.05) is 94.7 Å². The zero-order valence-corrected chi connectivity index (χ0v) is 38.7. The van der Waals surface area contributed by atoms with Crippen molar-refractivity contribution in [3.05, 3.63) is 106 Å². The number of nitro groups is 1. The molecular formula is C50H50F3N9O7. The summed E-state index contributed by atoms with van der Waals surface area (Å²) in [5, 5.41) is 21.7. The number of hydrogen-bond donors (Lipinski definition) is 1. The van der Waals surface area contributed by atoms with E-state index in [-0.39, 0.29) is 63.9 Å². The number of hydrogen-bond acceptors (Lipinski definition) is 13. The molecule has 2 unspecified atom stereocenters. The zero-order valence-electron chi connectivity index (χ0n) is 38.7. The van der Waals surface area contributed by atoms with Gasteiger partial charge in [-0.25, -0.2) is 4.79 Å². The van der Waals surface area contributed by atoms with Crippen LogP contribution in [0.15, 0.2) is 94.1 Å². The second-order valence-corrected chi connectivity index (χ2v) is 17.4. The number of nitrogens with one attached hydrogen (secondary N) is 1. The van der Waals surface area contributed by atoms with Crippen molar-refractivity contribution in [1.29, 1.82) is 0 Å². The largest absolute Gasteiger partial charge is 0.496 e. The molecule has 6 heterocycles. The van der Waals surface area contributed by atoms with Crippen LogP contribution < -0.4 is 14.5 Å². The fraction of sp³-hybridized carbons (Fsp3) is 0.340. The van der Waals surface area contributed by atoms with E-state index in [4.69, 9.17) is 18.5 Å². The molecule has 0 radical (unpaired) electrons. The molecule has 2 aliphatic rings. The number of piperidine rings is 2. The van der Waals surface area contributed by atoms with E-state index < -0.39 is 17.7 Å². The van der Waals surface area contributed by atoms with Gasteiger partial charge in [-0.2, -0.15) is 23.1 Å². The van der Waals surface area contributed by atoms with E-state index in [0.717, 1.165) is 67.6 Å². The summed E-state index contributed by atoms with van der Waals surface area (Å²) in [5.74, 6) is 0.718. The Bertz CT molecular complexity index is 3170. The number of ether oxygens (including phenoxy) is 2. The first-order chi connectivity index (χ1) is 33.2. The number of methoxy groups -OCH3 is 1. The lowest BCUT2D eigenvalue weighted by Gasteiger charge is -2.37. The van der Waals surface area contributed by atoms with Crippen molar-refractivity contribution in [2.24, 2.45) is 7.05 Å². The minimum atomic E-state index is -4.55. The maximum absolute atomic E-state index is 14.1. The van der Waals surface area contributed by atoms with E-state index in [1.165, 1.54) is 19.2 Å². The van der Waals surface area contributed by atoms with Crippen molar-refractivity contribution in [2.45, 2.75) is 77.6 Å². The van der Waals surface area contributed by atoms with Crippen LogP contribution >= 0.6 is 0 Å². The summed E-state index contributed by atoms with van der Waals surface area (Å²) >= 11 is 0. The number of nitro benzene ring substituents is 1. The molecule has 19 heteroatoms. The number of rotatable bonds is 10. The standard InChI is InChI=1S/C27H27F3N4O4.C23H23N5O3/c1-4-37-26(35)21-13-17-11-18(23(36-3)14-20(17)31-21)24-32-25(38-33-24)16-8-9-22(19(12-16)27(28,29)30)34-10-6-5-7-15(34)2;1-15-5-3-4-11-27(15)20-9-7-18(14-21(20)28(29)30)23-24-22(25-31-23)17-6-8-19-16(13-17)10-12-26(19)2/h8-9,11-15,31H,4-7,10H2,1-3H3;6-10,12-15H,3-5,11H2,1-2H3. The lowest BCUT2D eigenvalue weighted by Crippen LogP contribution is -2.38. The number of alkyl halides is 3. The number of aromatic nitrogens is 6. The molecule has 0 bridgehead atoms. The third-order valence-corrected chi connectivity index (χ3v) is 12.9. The van der Waals surface area contributed by atoms with Crippen molar-refractivity contribution in [1.82, 2.24) is 29.8 Å². The minimum absolute atomic E-state index is 0.0193. The molecule has 0 aliphatic carbocycles. The SMILES string of the molecule is CC1CCCCN1c1ccc(-c2nc(-c3ccc4c(ccn4C)c3)no2)cc1[N+](=O)[O-].CCOC(=O)c1cc2cc(-c3noc(-c4ccc(N5CCCCC5C)c(C(F)(F)F)c4)n3)c(OC)cc2[nH]1. The molecule has 4 aromatic carbocycles. The minimum Gasteiger partial charge on any atom is -0.496 e. The van der Waals surface area contributed by atoms with Crippen LogP contribution in [-0.4, -0.2) is 79.6 Å². The number of esters is 1. The molecular weight excluding hydrogens is 896 g/mol. The van der Waals surface area contributed by atoms with Gasteiger partial charge < -0.3 is 37.9 Å². The topological polar surface area (TPSA) is 184 Å². The summed E-state index contributed by atoms with van der Waals surface area (Å²) < 4.78 is 65.7. The van der Waals surface area contributed by atoms with Crippen molar-refractivity contribution in [2.75, 3.05) is 36.6 Å². The molecule has 10 rings (SSSR count). The van der Waals surface area contributed by atoms with E-state index >= 15 is 0 Å². The number of carbonyl (C=O) groups excluding carboxylic acids is 1. The molecule has 0 spiro atoms. The predicted molar refractivity (Wildman–Crippen MR) is 254 cm³/mol. The van der Waals surface area contributed by atoms with Crippen LogP contribution in [0.25, 0.3) is 67.5 Å². The number of fused-ring (bicyclic) bond motifs is 2. The molecule has 358 valence electrons. The van der Waals surface area contributed by atoms with E-state index in [0.29, 0.717) is 45.8 Å². The van der Waals surface area contributed by atoms with E-state index in [2.05, 4.69) is 37.1 Å². The normalized spacial score (nSPS) is 16.4. The van der Waals surface area contributed by atoms with Gasteiger partial charge >= 0.3 is 12.1 Å². The molecule has 2 aliphatic heterocycles. The maximum Gasteiger partial charge on any atom is 0.418 e. The van der Waals surface area contributed by atoms with Crippen LogP contribution in [-0.2, 0) is 18.0 Å². The summed E-state index contributed by atoms with van der Waals surface area (Å²) in [4.78, 5) is 39.4. The number of aryl methyl sites for hydroxylation is 1. The summed E-state index contributed by atoms with van der Waals surface area (Å²) in [6.45, 7) is 7.42. The average molecular weight is 946 g/mol. The van der Waals surface area contributed by atoms with Crippen LogP contribution in [0.2, 0.25) is 0 Å². The van der Waals surface area contributed by atoms with Gasteiger partial charge in [0.1, 0.15) is 17.1 Å². The highest BCUT2D eigenvalue weighted by molar-refractivity contribution is 5.97. The van der Waals surface area contributed by atoms with Gasteiger partial charge in [-0.15, -0.1) is 0 Å². The predicted octanol–water partition coefficient (Wildman–Crippen LogP) is 11.7. The number of nitrogens with zero attached hydrogens (tertiary/aromatic N) is 8. The number of H-pyrrole nitrogens is 1. The second kappa shape index (κ2) is 19.1. The van der Waals surface area contributed by atoms with Crippen molar-refractivity contribution in [3.8, 4) is 51.4 Å². The molecule has 2 atom stereocenters. The van der Waals surface area contributed by atoms with Crippen molar-refractivity contribution in [3.63, 3.8) is 0 Å². The summed E-state index contributed by atoms with van der Waals surface area (Å²) in [7, 11) is 3.46. The third kappa shape index (κ3) is 9.45. The second-order valence-electron chi connectivity index (χ2n) is 17.4. The smallest absolute Gasteiger partial charge is 0.418 e. The van der Waals surface area contributed by atoms with Gasteiger partial charge in [-0.05, 0) is 126 Å². The highest BCUT2D eigenvalue weighted by Gasteiger charge is 2.37. The number of carbonyl (C=O) groups is 1. The van der Waals surface area contributed by atoms with Gasteiger partial charge in [-0.1, -0.05) is 10.3 Å². The Balaban J connectivity index is 0.000000175. The Morgan fingerprint density at radius 2 is 1.45 bits per heavy atom. The highest BCUT2D eigenvalue weighted by atomic mass is 19.4. The first-order valence-corrected chi connectivity index (χ1v) is 22.9. The van der Waals surface area contributed by atoms with Crippen molar-refractivity contribution >= 4 is 44.8 Å². The van der Waals surface area contributed by atoms with Gasteiger partial charge in [0.2, 0.25) is 11.6 Å². The maximum atomic E-state index is 14.1. The van der Waals surface area contributed by atoms with Crippen molar-refractivity contribution < 1.29 is 41.4 Å². The molecule has 2 saturated heterocycles. The average Bonchev–Trinajstić information content (AvgIpc) is 4.18. The molecule has 4 aromatic heterocycles. The van der Waals surface area contributed by atoms with Gasteiger partial charge in [-0.3, -0.25) is 10.1 Å². The van der Waals surface area contributed by atoms with Crippen LogP contribution in [0.1, 0.15) is 75.3 Å². The Hall–Kier alpha value is -7.70. The molecule has 8 aromatic rings. The first kappa shape index (κ1) is 46.4. The van der Waals surface area contributed by atoms with Crippen LogP contribution in [0, 0.1) is 10.1 Å². The molecule has 69 heavy (non-hydrogen) atoms. The Morgan fingerprint density at radius 1 is 0.812 bits per heavy atom. The van der Waals surface area contributed by atoms with Crippen LogP contribution in [0.5, 0.6) is 5.75 Å². The molecule has 0 saturated carbocycles. The Kier molecular flexibility index (Phi) is 12.9. The zero-order chi connectivity index (χ0) is 48.6. The highest BCUT2D eigenvalue weighted by Crippen LogP contribution is 2.42. The van der Waals surface area contributed by atoms with E-state index in [9.17, 15) is 28.1 Å². The lowest BCUT2D eigenvalue weighted by atomic mass is 9.99. The molecule has 16 nitrogen and oxygen atoms in total. The fourth-order valence-electron chi connectivity index (χ4n) is 9.26. The molecule has 1 N–H and O–H groups in total. The van der Waals surface area contributed by atoms with Crippen LogP contribution in [0.4, 0.5) is 30.2 Å². The Morgan fingerprint density at radius 3 is 2.10 bits per heavy atom. The summed E-state index contributed by atoms with van der Waals surface area (Å²) in [5.41, 5.74) is 4.16. The number of benzene rings is 4. The lowest BCUT2D eigenvalue weighted by molar-refractivity contribution is -0.384. The van der Waals surface area contributed by atoms with E-state index in [1.807, 2.05) is 60.0 Å². The van der Waals surface area contributed by atoms with E-state index in [1.54, 1.807) is 37.3 Å². The number of aromatic amines is 1. The molecule has 0 amide bonds. The van der Waals surface area contributed by atoms with Gasteiger partial charge in [0.15, 0.2) is 0 Å². The summed E-state index contributed by atoms with van der Waals surface area (Å²) in [6.07, 6.45) is 3.39.